The fourth-order valence-electron chi connectivity index (χ4n) is 5.16. The molecule has 13 nitrogen and oxygen atoms in total. The number of fused-ring (bicyclic) bond motifs is 1. The number of aryl methyl sites for hydroxylation is 1. The average molecular weight is 595 g/mol. The summed E-state index contributed by atoms with van der Waals surface area (Å²) in [7, 11) is -5.95. The minimum atomic E-state index is -3.70. The van der Waals surface area contributed by atoms with Gasteiger partial charge in [-0.15, -0.1) is 0 Å². The Kier molecular flexibility index (Phi) is 8.16. The van der Waals surface area contributed by atoms with Crippen LogP contribution in [0.1, 0.15) is 25.0 Å². The zero-order valence-corrected chi connectivity index (χ0v) is 24.0. The molecule has 2 aliphatic heterocycles. The van der Waals surface area contributed by atoms with Crippen molar-refractivity contribution < 1.29 is 31.4 Å². The number of benzene rings is 1. The number of hydrogen-bond donors (Lipinski definition) is 4. The normalized spacial score (nSPS) is 20.7. The van der Waals surface area contributed by atoms with Gasteiger partial charge in [0.15, 0.2) is 5.65 Å². The van der Waals surface area contributed by atoms with Crippen molar-refractivity contribution >= 4 is 31.1 Å². The minimum absolute atomic E-state index is 0.0116. The Morgan fingerprint density at radius 1 is 1.23 bits per heavy atom. The number of piperidine rings is 1. The third kappa shape index (κ3) is 6.00. The Morgan fingerprint density at radius 3 is 2.75 bits per heavy atom. The van der Waals surface area contributed by atoms with Gasteiger partial charge in [-0.3, -0.25) is 5.10 Å². The van der Waals surface area contributed by atoms with E-state index in [1.807, 2.05) is 0 Å². The molecule has 40 heavy (non-hydrogen) atoms. The third-order valence-corrected chi connectivity index (χ3v) is 10.8. The molecule has 0 aliphatic carbocycles. The van der Waals surface area contributed by atoms with Gasteiger partial charge in [-0.2, -0.15) is 9.40 Å². The zero-order valence-electron chi connectivity index (χ0n) is 22.3. The van der Waals surface area contributed by atoms with E-state index in [4.69, 9.17) is 9.47 Å². The Hall–Kier alpha value is -2.66. The largest absolute Gasteiger partial charge is 0.491 e. The van der Waals surface area contributed by atoms with E-state index in [0.29, 0.717) is 61.4 Å². The molecule has 1 aromatic carbocycles. The van der Waals surface area contributed by atoms with Crippen LogP contribution in [0.3, 0.4) is 0 Å². The second-order valence-electron chi connectivity index (χ2n) is 10.2. The highest BCUT2D eigenvalue weighted by Crippen LogP contribution is 2.37. The Balaban J connectivity index is 1.09. The maximum absolute atomic E-state index is 13.3. The summed E-state index contributed by atoms with van der Waals surface area (Å²) in [5.41, 5.74) is 0.840. The summed E-state index contributed by atoms with van der Waals surface area (Å²) in [6.45, 7) is 3.20. The summed E-state index contributed by atoms with van der Waals surface area (Å²) in [6.07, 6.45) is 2.39. The van der Waals surface area contributed by atoms with Crippen LogP contribution in [-0.2, 0) is 24.8 Å². The molecule has 4 N–H and O–H groups in total. The van der Waals surface area contributed by atoms with E-state index in [9.17, 15) is 21.9 Å². The molecule has 15 heteroatoms. The fourth-order valence-corrected chi connectivity index (χ4v) is 7.34. The van der Waals surface area contributed by atoms with Crippen molar-refractivity contribution in [2.45, 2.75) is 53.7 Å². The van der Waals surface area contributed by atoms with E-state index in [1.165, 1.54) is 29.7 Å². The van der Waals surface area contributed by atoms with Gasteiger partial charge in [0.25, 0.3) is 0 Å². The Bertz CT molecular complexity index is 1570. The molecule has 0 saturated carbocycles. The topological polar surface area (TPSA) is 176 Å². The molecule has 218 valence electrons. The third-order valence-electron chi connectivity index (χ3n) is 7.53. The van der Waals surface area contributed by atoms with Crippen molar-refractivity contribution in [2.24, 2.45) is 0 Å². The Morgan fingerprint density at radius 2 is 2.00 bits per heavy atom. The number of pyridine rings is 1. The molecule has 1 spiro atoms. The molecule has 0 amide bonds. The molecule has 3 aromatic rings. The molecule has 0 radical (unpaired) electrons. The molecule has 2 saturated heterocycles. The average Bonchev–Trinajstić information content (AvgIpc) is 3.53. The number of hydrogen-bond acceptors (Lipinski definition) is 10. The lowest BCUT2D eigenvalue weighted by molar-refractivity contribution is -0.0312. The summed E-state index contributed by atoms with van der Waals surface area (Å²) in [5.74, 6) is 0.343. The molecule has 2 aliphatic rings. The monoisotopic (exact) mass is 594 g/mol. The van der Waals surface area contributed by atoms with E-state index < -0.39 is 31.8 Å². The van der Waals surface area contributed by atoms with Crippen LogP contribution in [0, 0.1) is 6.92 Å². The highest BCUT2D eigenvalue weighted by atomic mass is 32.2. The van der Waals surface area contributed by atoms with E-state index in [0.717, 1.165) is 0 Å². The molecule has 2 aromatic heterocycles. The molecule has 0 unspecified atom stereocenters. The highest BCUT2D eigenvalue weighted by molar-refractivity contribution is 7.89. The number of sulfonamides is 2. The lowest BCUT2D eigenvalue weighted by Crippen LogP contribution is -2.47. The van der Waals surface area contributed by atoms with E-state index >= 15 is 0 Å². The number of ether oxygens (including phenoxy) is 2. The lowest BCUT2D eigenvalue weighted by Gasteiger charge is -2.38. The number of aromatic nitrogens is 3. The van der Waals surface area contributed by atoms with Crippen molar-refractivity contribution in [2.75, 3.05) is 39.9 Å². The summed E-state index contributed by atoms with van der Waals surface area (Å²) >= 11 is 0. The van der Waals surface area contributed by atoms with Gasteiger partial charge in [-0.05, 0) is 51.4 Å². The number of aromatic amines is 1. The lowest BCUT2D eigenvalue weighted by atomic mass is 9.88. The highest BCUT2D eigenvalue weighted by Gasteiger charge is 2.44. The van der Waals surface area contributed by atoms with Crippen molar-refractivity contribution in [1.29, 1.82) is 0 Å². The van der Waals surface area contributed by atoms with Crippen LogP contribution in [-0.4, -0.2) is 99.1 Å². The van der Waals surface area contributed by atoms with E-state index in [2.05, 4.69) is 25.2 Å². The second-order valence-corrected chi connectivity index (χ2v) is 14.1. The first-order valence-corrected chi connectivity index (χ1v) is 16.0. The van der Waals surface area contributed by atoms with Gasteiger partial charge in [-0.1, -0.05) is 6.07 Å². The quantitative estimate of drug-likeness (QED) is 0.259. The summed E-state index contributed by atoms with van der Waals surface area (Å²) in [6, 6.07) is 7.70. The van der Waals surface area contributed by atoms with Crippen LogP contribution in [0.5, 0.6) is 5.75 Å². The van der Waals surface area contributed by atoms with Gasteiger partial charge in [0, 0.05) is 43.3 Å². The first-order chi connectivity index (χ1) is 19.0. The van der Waals surface area contributed by atoms with Crippen molar-refractivity contribution in [3.63, 3.8) is 0 Å². The van der Waals surface area contributed by atoms with Gasteiger partial charge < -0.3 is 19.9 Å². The minimum Gasteiger partial charge on any atom is -0.491 e. The summed E-state index contributed by atoms with van der Waals surface area (Å²) in [5, 5.41) is 21.3. The molecule has 4 heterocycles. The van der Waals surface area contributed by atoms with Gasteiger partial charge in [0.1, 0.15) is 23.4 Å². The zero-order chi connectivity index (χ0) is 28.5. The van der Waals surface area contributed by atoms with Crippen LogP contribution < -0.4 is 14.8 Å². The van der Waals surface area contributed by atoms with Crippen LogP contribution in [0.15, 0.2) is 46.3 Å². The number of aliphatic hydroxyl groups is 1. The summed E-state index contributed by atoms with van der Waals surface area (Å²) < 4.78 is 66.0. The predicted molar refractivity (Wildman–Crippen MR) is 146 cm³/mol. The van der Waals surface area contributed by atoms with Gasteiger partial charge in [0.2, 0.25) is 20.0 Å². The molecular formula is C25H34N6O7S2. The fraction of sp³-hybridized carbons (Fsp3) is 0.520. The molecule has 5 rings (SSSR count). The summed E-state index contributed by atoms with van der Waals surface area (Å²) in [4.78, 5) is 4.45. The number of aliphatic hydroxyl groups excluding tert-OH is 1. The van der Waals surface area contributed by atoms with Crippen LogP contribution in [0.2, 0.25) is 0 Å². The first-order valence-electron chi connectivity index (χ1n) is 13.0. The smallest absolute Gasteiger partial charge is 0.244 e. The number of nitrogens with one attached hydrogen (secondary N) is 3. The maximum Gasteiger partial charge on any atom is 0.244 e. The second kappa shape index (κ2) is 11.3. The standard InChI is InChI=1S/C25H34N6O7S2/c1-17-23-11-22(14-28-24(23)30-29-17)40(35,36)31-8-6-25(7-9-31)12-18(15-38-25)27-13-19(32)16-37-20-4-3-5-21(10-20)39(33,34)26-2/h3-5,10-11,14,18-19,26-27,32H,6-9,12-13,15-16H2,1-2H3,(H,28,29,30)/t18-,19+/m1/s1. The molecule has 2 fully saturated rings. The predicted octanol–water partition coefficient (Wildman–Crippen LogP) is 0.516. The van der Waals surface area contributed by atoms with E-state index in [-0.39, 0.29) is 29.0 Å². The molecular weight excluding hydrogens is 560 g/mol. The van der Waals surface area contributed by atoms with Crippen LogP contribution >= 0.6 is 0 Å². The van der Waals surface area contributed by atoms with Gasteiger partial charge in [-0.25, -0.2) is 26.5 Å². The number of nitrogens with zero attached hydrogens (tertiary/aromatic N) is 3. The van der Waals surface area contributed by atoms with Gasteiger partial charge >= 0.3 is 0 Å². The first kappa shape index (κ1) is 28.9. The van der Waals surface area contributed by atoms with Crippen LogP contribution in [0.4, 0.5) is 0 Å². The van der Waals surface area contributed by atoms with Crippen molar-refractivity contribution in [1.82, 2.24) is 29.5 Å². The molecule has 0 bridgehead atoms. The van der Waals surface area contributed by atoms with Gasteiger partial charge in [0.05, 0.1) is 22.8 Å². The van der Waals surface area contributed by atoms with Crippen molar-refractivity contribution in [3.8, 4) is 5.75 Å². The molecule has 2 atom stereocenters. The van der Waals surface area contributed by atoms with Crippen molar-refractivity contribution in [3.05, 3.63) is 42.2 Å². The Labute approximate surface area is 233 Å². The number of rotatable bonds is 10. The van der Waals surface area contributed by atoms with E-state index in [1.54, 1.807) is 25.1 Å². The number of H-pyrrole nitrogens is 1. The van der Waals surface area contributed by atoms with Crippen LogP contribution in [0.25, 0.3) is 11.0 Å². The maximum atomic E-state index is 13.3. The SMILES string of the molecule is CNS(=O)(=O)c1cccc(OC[C@@H](O)CN[C@H]2COC3(CCN(S(=O)(=O)c4cnc5[nH]nc(C)c5c4)CC3)C2)c1.